The summed E-state index contributed by atoms with van der Waals surface area (Å²) in [6, 6.07) is 10.2. The highest BCUT2D eigenvalue weighted by atomic mass is 16.1. The third kappa shape index (κ3) is 4.69. The van der Waals surface area contributed by atoms with Crippen molar-refractivity contribution in [3.63, 3.8) is 0 Å². The van der Waals surface area contributed by atoms with Crippen molar-refractivity contribution in [1.82, 2.24) is 34.7 Å². The van der Waals surface area contributed by atoms with Crippen LogP contribution in [-0.4, -0.2) is 34.7 Å². The zero-order valence-electron chi connectivity index (χ0n) is 18.7. The minimum atomic E-state index is 0.0853. The molecule has 0 aliphatic carbocycles. The Labute approximate surface area is 187 Å². The number of tetrazole rings is 1. The van der Waals surface area contributed by atoms with Gasteiger partial charge in [0, 0.05) is 36.4 Å². The van der Waals surface area contributed by atoms with E-state index in [0.29, 0.717) is 12.4 Å². The number of aryl methyl sites for hydroxylation is 2. The molecule has 0 bridgehead atoms. The van der Waals surface area contributed by atoms with E-state index in [9.17, 15) is 4.79 Å². The van der Waals surface area contributed by atoms with Crippen LogP contribution in [0.2, 0.25) is 0 Å². The summed E-state index contributed by atoms with van der Waals surface area (Å²) >= 11 is 0. The molecule has 0 unspecified atom stereocenters. The number of hydrogen-bond donors (Lipinski definition) is 1. The molecule has 3 aromatic heterocycles. The molecule has 0 aliphatic rings. The van der Waals surface area contributed by atoms with Gasteiger partial charge in [0.15, 0.2) is 0 Å². The molecular formula is C24H29N7O. The first-order valence-corrected chi connectivity index (χ1v) is 11.3. The number of nitrogens with one attached hydrogen (secondary N) is 1. The highest BCUT2D eigenvalue weighted by Gasteiger charge is 2.13. The predicted molar refractivity (Wildman–Crippen MR) is 124 cm³/mol. The summed E-state index contributed by atoms with van der Waals surface area (Å²) in [4.78, 5) is 17.2. The van der Waals surface area contributed by atoms with Crippen molar-refractivity contribution in [1.29, 1.82) is 0 Å². The van der Waals surface area contributed by atoms with Crippen molar-refractivity contribution in [2.75, 3.05) is 0 Å². The maximum absolute atomic E-state index is 13.0. The van der Waals surface area contributed by atoms with Crippen LogP contribution < -0.4 is 5.69 Å². The molecule has 32 heavy (non-hydrogen) atoms. The highest BCUT2D eigenvalue weighted by molar-refractivity contribution is 5.79. The van der Waals surface area contributed by atoms with E-state index >= 15 is 0 Å². The molecule has 0 amide bonds. The fraction of sp³-hybridized carbons (Fsp3) is 0.375. The third-order valence-corrected chi connectivity index (χ3v) is 5.65. The molecule has 4 rings (SSSR count). The Morgan fingerprint density at radius 3 is 2.56 bits per heavy atom. The molecule has 0 saturated carbocycles. The van der Waals surface area contributed by atoms with E-state index in [1.165, 1.54) is 0 Å². The number of rotatable bonds is 10. The number of nitrogens with zero attached hydrogens (tertiary/aromatic N) is 6. The lowest BCUT2D eigenvalue weighted by Gasteiger charge is -2.09. The van der Waals surface area contributed by atoms with Gasteiger partial charge in [-0.15, -0.1) is 10.2 Å². The molecule has 166 valence electrons. The number of unbranched alkanes of at least 4 members (excludes halogenated alkanes) is 2. The quantitative estimate of drug-likeness (QED) is 0.382. The molecule has 0 atom stereocenters. The molecule has 0 aliphatic heterocycles. The molecule has 0 radical (unpaired) electrons. The molecular weight excluding hydrogens is 402 g/mol. The first-order valence-electron chi connectivity index (χ1n) is 11.3. The van der Waals surface area contributed by atoms with Crippen LogP contribution in [0.1, 0.15) is 50.8 Å². The van der Waals surface area contributed by atoms with Gasteiger partial charge in [-0.2, -0.15) is 5.21 Å². The number of benzene rings is 1. The Kier molecular flexibility index (Phi) is 6.89. The second-order valence-electron chi connectivity index (χ2n) is 7.99. The van der Waals surface area contributed by atoms with Crippen molar-refractivity contribution in [3.8, 4) is 22.5 Å². The minimum absolute atomic E-state index is 0.0853. The number of hydrogen-bond acceptors (Lipinski definition) is 5. The van der Waals surface area contributed by atoms with Crippen molar-refractivity contribution in [3.05, 3.63) is 70.7 Å². The van der Waals surface area contributed by atoms with Crippen LogP contribution in [0.5, 0.6) is 0 Å². The summed E-state index contributed by atoms with van der Waals surface area (Å²) in [5.74, 6) is 0.511. The predicted octanol–water partition coefficient (Wildman–Crippen LogP) is 4.08. The van der Waals surface area contributed by atoms with Crippen LogP contribution in [0.15, 0.2) is 53.7 Å². The first kappa shape index (κ1) is 21.7. The summed E-state index contributed by atoms with van der Waals surface area (Å²) in [5, 5.41) is 14.3. The van der Waals surface area contributed by atoms with Crippen LogP contribution in [0.3, 0.4) is 0 Å². The van der Waals surface area contributed by atoms with Crippen LogP contribution >= 0.6 is 0 Å². The van der Waals surface area contributed by atoms with E-state index < -0.39 is 0 Å². The van der Waals surface area contributed by atoms with Gasteiger partial charge in [0.25, 0.3) is 0 Å². The monoisotopic (exact) mass is 431 g/mol. The Balaban J connectivity index is 1.58. The highest BCUT2D eigenvalue weighted by Crippen LogP contribution is 2.29. The molecule has 0 saturated heterocycles. The van der Waals surface area contributed by atoms with Crippen LogP contribution in [0.25, 0.3) is 22.5 Å². The van der Waals surface area contributed by atoms with Crippen LogP contribution in [0.4, 0.5) is 0 Å². The normalized spacial score (nSPS) is 11.2. The summed E-state index contributed by atoms with van der Waals surface area (Å²) in [6.07, 6.45) is 10.8. The maximum atomic E-state index is 13.0. The third-order valence-electron chi connectivity index (χ3n) is 5.65. The van der Waals surface area contributed by atoms with Crippen LogP contribution in [-0.2, 0) is 19.5 Å². The fourth-order valence-electron chi connectivity index (χ4n) is 3.97. The van der Waals surface area contributed by atoms with Gasteiger partial charge >= 0.3 is 5.69 Å². The van der Waals surface area contributed by atoms with Crippen LogP contribution in [0, 0.1) is 0 Å². The summed E-state index contributed by atoms with van der Waals surface area (Å²) in [6.45, 7) is 5.69. The Hall–Kier alpha value is -3.55. The number of aromatic amines is 1. The molecule has 1 N–H and O–H groups in total. The first-order chi connectivity index (χ1) is 15.7. The van der Waals surface area contributed by atoms with Gasteiger partial charge in [0.2, 0.25) is 5.82 Å². The van der Waals surface area contributed by atoms with E-state index in [0.717, 1.165) is 66.6 Å². The standard InChI is InChI=1S/C24H29N7O/c1-3-5-6-14-30-17-20(7-4-2)31(24(30)32)16-18-8-10-19(11-9-18)21-12-13-25-15-22(21)23-26-28-29-27-23/h8-13,15,17H,3-7,14,16H2,1-2H3,(H,26,27,28,29). The topological polar surface area (TPSA) is 94.3 Å². The molecule has 8 heteroatoms. The average Bonchev–Trinajstić information content (AvgIpc) is 3.45. The van der Waals surface area contributed by atoms with E-state index in [-0.39, 0.29) is 5.69 Å². The number of aromatic nitrogens is 7. The van der Waals surface area contributed by atoms with E-state index in [1.807, 2.05) is 21.4 Å². The van der Waals surface area contributed by atoms with Crippen molar-refractivity contribution < 1.29 is 0 Å². The molecule has 8 nitrogen and oxygen atoms in total. The lowest BCUT2D eigenvalue weighted by Crippen LogP contribution is -2.25. The van der Waals surface area contributed by atoms with E-state index in [2.05, 4.69) is 63.7 Å². The average molecular weight is 432 g/mol. The number of pyridine rings is 1. The van der Waals surface area contributed by atoms with E-state index in [1.54, 1.807) is 12.4 Å². The van der Waals surface area contributed by atoms with Crippen molar-refractivity contribution >= 4 is 0 Å². The SMILES string of the molecule is CCCCCn1cc(CCC)n(Cc2ccc(-c3ccncc3-c3nn[nH]n3)cc2)c1=O. The Morgan fingerprint density at radius 1 is 1.00 bits per heavy atom. The van der Waals surface area contributed by atoms with Crippen molar-refractivity contribution in [2.45, 2.75) is 59.0 Å². The molecule has 3 heterocycles. The summed E-state index contributed by atoms with van der Waals surface area (Å²) in [7, 11) is 0. The zero-order chi connectivity index (χ0) is 22.3. The molecule has 0 spiro atoms. The zero-order valence-corrected chi connectivity index (χ0v) is 18.7. The molecule has 0 fully saturated rings. The van der Waals surface area contributed by atoms with Gasteiger partial charge in [-0.3, -0.25) is 14.1 Å². The van der Waals surface area contributed by atoms with Gasteiger partial charge in [-0.25, -0.2) is 4.79 Å². The van der Waals surface area contributed by atoms with Gasteiger partial charge in [-0.1, -0.05) is 57.4 Å². The number of H-pyrrole nitrogens is 1. The van der Waals surface area contributed by atoms with E-state index in [4.69, 9.17) is 0 Å². The van der Waals surface area contributed by atoms with Gasteiger partial charge in [0.1, 0.15) is 0 Å². The lowest BCUT2D eigenvalue weighted by atomic mass is 10.00. The van der Waals surface area contributed by atoms with Gasteiger partial charge in [0.05, 0.1) is 6.54 Å². The fourth-order valence-corrected chi connectivity index (χ4v) is 3.97. The summed E-state index contributed by atoms with van der Waals surface area (Å²) < 4.78 is 3.80. The number of imidazole rings is 1. The smallest absolute Gasteiger partial charge is 0.299 e. The maximum Gasteiger partial charge on any atom is 0.328 e. The summed E-state index contributed by atoms with van der Waals surface area (Å²) in [5.41, 5.74) is 5.12. The molecule has 4 aromatic rings. The van der Waals surface area contributed by atoms with Crippen molar-refractivity contribution in [2.24, 2.45) is 0 Å². The second kappa shape index (κ2) is 10.2. The Morgan fingerprint density at radius 2 is 1.84 bits per heavy atom. The molecule has 1 aromatic carbocycles. The van der Waals surface area contributed by atoms with Gasteiger partial charge in [-0.05, 0) is 40.8 Å². The van der Waals surface area contributed by atoms with Gasteiger partial charge < -0.3 is 0 Å². The Bertz CT molecular complexity index is 1190. The minimum Gasteiger partial charge on any atom is -0.299 e. The largest absolute Gasteiger partial charge is 0.328 e. The second-order valence-corrected chi connectivity index (χ2v) is 7.99. The lowest BCUT2D eigenvalue weighted by molar-refractivity contribution is 0.573.